The zero-order chi connectivity index (χ0) is 40.3. The molecule has 58 heavy (non-hydrogen) atoms. The molecule has 298 valence electrons. The number of ether oxygens (including phenoxy) is 1. The van der Waals surface area contributed by atoms with Crippen LogP contribution < -0.4 is 25.6 Å². The number of amides is 5. The lowest BCUT2D eigenvalue weighted by Gasteiger charge is -2.35. The third kappa shape index (κ3) is 7.67. The molecule has 5 amide bonds. The summed E-state index contributed by atoms with van der Waals surface area (Å²) in [6.45, 7) is 4.45. The van der Waals surface area contributed by atoms with E-state index in [1.54, 1.807) is 36.5 Å². The van der Waals surface area contributed by atoms with Gasteiger partial charge in [-0.2, -0.15) is 5.10 Å². The van der Waals surface area contributed by atoms with E-state index in [1.807, 2.05) is 24.3 Å². The van der Waals surface area contributed by atoms with Gasteiger partial charge in [-0.15, -0.1) is 0 Å². The summed E-state index contributed by atoms with van der Waals surface area (Å²) in [5, 5.41) is 15.9. The molecule has 2 aromatic heterocycles. The van der Waals surface area contributed by atoms with Crippen molar-refractivity contribution < 1.29 is 33.1 Å². The molecule has 0 saturated carbocycles. The number of imide groups is 2. The Morgan fingerprint density at radius 2 is 1.72 bits per heavy atom. The van der Waals surface area contributed by atoms with E-state index in [9.17, 15) is 28.4 Å². The number of nitrogens with zero attached hydrogens (tertiary/aromatic N) is 6. The zero-order valence-electron chi connectivity index (χ0n) is 31.7. The number of carbonyl (C=O) groups excluding carboxylic acids is 5. The summed E-state index contributed by atoms with van der Waals surface area (Å²) in [7, 11) is 1.48. The summed E-state index contributed by atoms with van der Waals surface area (Å²) < 4.78 is 20.1. The Morgan fingerprint density at radius 1 is 0.948 bits per heavy atom. The minimum atomic E-state index is -1.00. The molecule has 16 nitrogen and oxygen atoms in total. The lowest BCUT2D eigenvalue weighted by atomic mass is 10.0. The molecule has 17 heteroatoms. The van der Waals surface area contributed by atoms with Gasteiger partial charge in [-0.25, -0.2) is 14.4 Å². The largest absolute Gasteiger partial charge is 0.496 e. The monoisotopic (exact) mass is 788 g/mol. The normalized spacial score (nSPS) is 17.1. The van der Waals surface area contributed by atoms with Gasteiger partial charge in [-0.05, 0) is 61.7 Å². The number of aromatic amines is 1. The second kappa shape index (κ2) is 16.4. The average molecular weight is 789 g/mol. The molecule has 1 atom stereocenters. The molecular weight excluding hydrogens is 748 g/mol. The van der Waals surface area contributed by atoms with Crippen molar-refractivity contribution >= 4 is 51.9 Å². The number of hydrogen-bond acceptors (Lipinski definition) is 12. The number of aromatic nitrogens is 4. The van der Waals surface area contributed by atoms with Crippen molar-refractivity contribution in [2.75, 3.05) is 63.1 Å². The number of piperidine rings is 1. The molecule has 0 bridgehead atoms. The van der Waals surface area contributed by atoms with Gasteiger partial charge >= 0.3 is 0 Å². The second-order valence-corrected chi connectivity index (χ2v) is 14.3. The van der Waals surface area contributed by atoms with Crippen LogP contribution in [0.25, 0.3) is 33.7 Å². The fourth-order valence-electron chi connectivity index (χ4n) is 7.57. The molecule has 3 aliphatic rings. The number of rotatable bonds is 13. The predicted octanol–water partition coefficient (Wildman–Crippen LogP) is 3.37. The van der Waals surface area contributed by atoms with E-state index in [1.165, 1.54) is 13.2 Å². The van der Waals surface area contributed by atoms with E-state index in [0.717, 1.165) is 55.2 Å². The molecule has 2 saturated heterocycles. The lowest BCUT2D eigenvalue weighted by molar-refractivity contribution is -0.136. The van der Waals surface area contributed by atoms with Crippen LogP contribution in [0.2, 0.25) is 0 Å². The van der Waals surface area contributed by atoms with Crippen LogP contribution in [0.4, 0.5) is 15.8 Å². The molecule has 0 radical (unpaired) electrons. The Balaban J connectivity index is 0.760. The van der Waals surface area contributed by atoms with Crippen molar-refractivity contribution in [1.82, 2.24) is 40.6 Å². The SMILES string of the molecule is COc1cccc(F)c1-c1ncc2[nH]nc(-c3ccc(N4CCN(CC(=O)NCCCCNc5ccc6c(c5)C(=O)N(C5CCC(=O)NC5=O)C6=O)CC4)cc3)c2n1. The molecule has 8 rings (SSSR count). The maximum Gasteiger partial charge on any atom is 0.262 e. The summed E-state index contributed by atoms with van der Waals surface area (Å²) >= 11 is 0. The van der Waals surface area contributed by atoms with Gasteiger partial charge in [-0.1, -0.05) is 18.2 Å². The second-order valence-electron chi connectivity index (χ2n) is 14.3. The minimum absolute atomic E-state index is 0.0280. The van der Waals surface area contributed by atoms with Gasteiger partial charge in [0.05, 0.1) is 36.5 Å². The number of piperazine rings is 1. The van der Waals surface area contributed by atoms with Crippen molar-refractivity contribution in [3.8, 4) is 28.4 Å². The maximum atomic E-state index is 14.8. The van der Waals surface area contributed by atoms with E-state index in [-0.39, 0.29) is 41.3 Å². The summed E-state index contributed by atoms with van der Waals surface area (Å²) in [6.07, 6.45) is 3.27. The fraction of sp³-hybridized carbons (Fsp3) is 0.317. The average Bonchev–Trinajstić information content (AvgIpc) is 3.76. The fourth-order valence-corrected chi connectivity index (χ4v) is 7.57. The third-order valence-electron chi connectivity index (χ3n) is 10.7. The topological polar surface area (TPSA) is 195 Å². The Bertz CT molecular complexity index is 2410. The van der Waals surface area contributed by atoms with E-state index >= 15 is 0 Å². The summed E-state index contributed by atoms with van der Waals surface area (Å²) in [4.78, 5) is 76.9. The number of unbranched alkanes of at least 4 members (excludes halogenated alkanes) is 1. The molecule has 3 aromatic carbocycles. The van der Waals surface area contributed by atoms with E-state index < -0.39 is 35.5 Å². The first-order chi connectivity index (χ1) is 28.2. The molecular formula is C41H41FN10O6. The highest BCUT2D eigenvalue weighted by Gasteiger charge is 2.44. The van der Waals surface area contributed by atoms with Gasteiger partial charge in [0.25, 0.3) is 11.8 Å². The molecule has 0 spiro atoms. The van der Waals surface area contributed by atoms with Gasteiger partial charge in [0, 0.05) is 62.6 Å². The number of carbonyl (C=O) groups is 5. The van der Waals surface area contributed by atoms with Crippen LogP contribution in [0.3, 0.4) is 0 Å². The number of nitrogens with one attached hydrogen (secondary N) is 4. The Kier molecular flexibility index (Phi) is 10.8. The number of halogens is 1. The van der Waals surface area contributed by atoms with E-state index in [0.29, 0.717) is 47.8 Å². The van der Waals surface area contributed by atoms with Crippen molar-refractivity contribution in [2.45, 2.75) is 31.7 Å². The highest BCUT2D eigenvalue weighted by atomic mass is 19.1. The molecule has 5 aromatic rings. The van der Waals surface area contributed by atoms with Crippen LogP contribution >= 0.6 is 0 Å². The number of methoxy groups -OCH3 is 1. The van der Waals surface area contributed by atoms with Crippen LogP contribution in [0.15, 0.2) is 66.9 Å². The number of H-pyrrole nitrogens is 1. The Labute approximate surface area is 332 Å². The smallest absolute Gasteiger partial charge is 0.262 e. The summed E-state index contributed by atoms with van der Waals surface area (Å²) in [6, 6.07) is 16.5. The predicted molar refractivity (Wildman–Crippen MR) is 212 cm³/mol. The zero-order valence-corrected chi connectivity index (χ0v) is 31.7. The molecule has 0 aliphatic carbocycles. The third-order valence-corrected chi connectivity index (χ3v) is 10.7. The Hall–Kier alpha value is -6.75. The molecule has 2 fully saturated rings. The molecule has 3 aliphatic heterocycles. The van der Waals surface area contributed by atoms with Crippen LogP contribution in [0.5, 0.6) is 5.75 Å². The molecule has 1 unspecified atom stereocenters. The van der Waals surface area contributed by atoms with Gasteiger partial charge in [0.2, 0.25) is 17.7 Å². The van der Waals surface area contributed by atoms with Crippen molar-refractivity contribution in [2.24, 2.45) is 0 Å². The van der Waals surface area contributed by atoms with Gasteiger partial charge < -0.3 is 20.3 Å². The Morgan fingerprint density at radius 3 is 2.50 bits per heavy atom. The molecule has 4 N–H and O–H groups in total. The number of anilines is 2. The van der Waals surface area contributed by atoms with Crippen molar-refractivity contribution in [3.05, 3.63) is 83.8 Å². The van der Waals surface area contributed by atoms with Crippen LogP contribution in [0.1, 0.15) is 46.4 Å². The first-order valence-corrected chi connectivity index (χ1v) is 19.2. The van der Waals surface area contributed by atoms with Crippen LogP contribution in [-0.2, 0) is 14.4 Å². The highest BCUT2D eigenvalue weighted by Crippen LogP contribution is 2.34. The van der Waals surface area contributed by atoms with Gasteiger partial charge in [-0.3, -0.25) is 44.2 Å². The van der Waals surface area contributed by atoms with Crippen molar-refractivity contribution in [3.63, 3.8) is 0 Å². The van der Waals surface area contributed by atoms with E-state index in [4.69, 9.17) is 4.74 Å². The van der Waals surface area contributed by atoms with Gasteiger partial charge in [0.1, 0.15) is 34.3 Å². The minimum Gasteiger partial charge on any atom is -0.496 e. The summed E-state index contributed by atoms with van der Waals surface area (Å²) in [5.41, 5.74) is 5.05. The number of hydrogen-bond donors (Lipinski definition) is 4. The quantitative estimate of drug-likeness (QED) is 0.101. The van der Waals surface area contributed by atoms with Crippen LogP contribution in [-0.4, -0.2) is 118 Å². The van der Waals surface area contributed by atoms with E-state index in [2.05, 4.69) is 45.9 Å². The first kappa shape index (κ1) is 38.1. The number of fused-ring (bicyclic) bond motifs is 2. The van der Waals surface area contributed by atoms with Gasteiger partial charge in [0.15, 0.2) is 5.82 Å². The summed E-state index contributed by atoms with van der Waals surface area (Å²) in [5.74, 6) is -2.10. The highest BCUT2D eigenvalue weighted by molar-refractivity contribution is 6.23. The van der Waals surface area contributed by atoms with Crippen molar-refractivity contribution in [1.29, 1.82) is 0 Å². The first-order valence-electron chi connectivity index (χ1n) is 19.2. The lowest BCUT2D eigenvalue weighted by Crippen LogP contribution is -2.54. The standard InChI is InChI=1S/C41H41FN10O6/c1-58-32-6-4-5-29(42)35(32)38-45-22-30-37(47-38)36(49-48-30)24-7-10-26(11-8-24)51-19-17-50(18-20-51)23-34(54)44-16-3-2-15-43-25-9-12-27-28(21-25)41(57)52(40(27)56)31-13-14-33(53)46-39(31)55/h4-12,21-22,31,43H,2-3,13-20,23H2,1H3,(H,44,54)(H,48,49)(H,46,53,55). The maximum absolute atomic E-state index is 14.8. The number of benzene rings is 3. The van der Waals surface area contributed by atoms with Crippen LogP contribution in [0, 0.1) is 5.82 Å². The molecule has 5 heterocycles.